The summed E-state index contributed by atoms with van der Waals surface area (Å²) in [6.07, 6.45) is 3.49. The van der Waals surface area contributed by atoms with Gasteiger partial charge in [0, 0.05) is 25.2 Å². The van der Waals surface area contributed by atoms with Gasteiger partial charge in [-0.25, -0.2) is 4.98 Å². The average Bonchev–Trinajstić information content (AvgIpc) is 3.33. The van der Waals surface area contributed by atoms with Crippen LogP contribution in [0.3, 0.4) is 0 Å². The van der Waals surface area contributed by atoms with Crippen LogP contribution < -0.4 is 0 Å². The molecular weight excluding hydrogens is 330 g/mol. The number of aromatic amines is 1. The van der Waals surface area contributed by atoms with Gasteiger partial charge >= 0.3 is 0 Å². The Hall–Kier alpha value is -3.29. The number of nitrogens with one attached hydrogen (secondary N) is 1. The van der Waals surface area contributed by atoms with Crippen molar-refractivity contribution in [1.82, 2.24) is 34.9 Å². The number of benzene rings is 1. The molecule has 0 unspecified atom stereocenters. The largest absolute Gasteiger partial charge is 0.342 e. The highest BCUT2D eigenvalue weighted by molar-refractivity contribution is 5.94. The fraction of sp³-hybridized carbons (Fsp3) is 0.278. The minimum Gasteiger partial charge on any atom is -0.342 e. The van der Waals surface area contributed by atoms with Crippen molar-refractivity contribution in [2.45, 2.75) is 18.8 Å². The SMILES string of the molecule is O=C(c1ccc2nnnn2c1)N1CCC(c2nc3ccccc3[nH]2)CC1. The zero-order chi connectivity index (χ0) is 17.5. The molecule has 130 valence electrons. The van der Waals surface area contributed by atoms with E-state index in [-0.39, 0.29) is 5.91 Å². The van der Waals surface area contributed by atoms with E-state index in [1.807, 2.05) is 29.2 Å². The summed E-state index contributed by atoms with van der Waals surface area (Å²) in [6, 6.07) is 11.6. The minimum atomic E-state index is 0.0189. The van der Waals surface area contributed by atoms with Gasteiger partial charge in [0.1, 0.15) is 5.82 Å². The summed E-state index contributed by atoms with van der Waals surface area (Å²) >= 11 is 0. The third kappa shape index (κ3) is 2.50. The number of para-hydroxylation sites is 2. The van der Waals surface area contributed by atoms with Gasteiger partial charge in [0.25, 0.3) is 5.91 Å². The molecule has 4 heterocycles. The van der Waals surface area contributed by atoms with E-state index in [2.05, 4.69) is 20.5 Å². The van der Waals surface area contributed by atoms with Gasteiger partial charge in [0.15, 0.2) is 5.65 Å². The Kier molecular flexibility index (Phi) is 3.41. The first-order valence-corrected chi connectivity index (χ1v) is 8.69. The van der Waals surface area contributed by atoms with Crippen LogP contribution in [0.2, 0.25) is 0 Å². The van der Waals surface area contributed by atoms with Crippen molar-refractivity contribution < 1.29 is 4.79 Å². The number of aromatic nitrogens is 6. The van der Waals surface area contributed by atoms with Crippen molar-refractivity contribution in [1.29, 1.82) is 0 Å². The molecule has 1 saturated heterocycles. The summed E-state index contributed by atoms with van der Waals surface area (Å²) < 4.78 is 1.52. The Labute approximate surface area is 148 Å². The highest BCUT2D eigenvalue weighted by Crippen LogP contribution is 2.28. The number of hydrogen-bond acceptors (Lipinski definition) is 5. The molecule has 3 aromatic heterocycles. The van der Waals surface area contributed by atoms with E-state index in [1.54, 1.807) is 18.3 Å². The maximum Gasteiger partial charge on any atom is 0.255 e. The topological polar surface area (TPSA) is 92.1 Å². The highest BCUT2D eigenvalue weighted by Gasteiger charge is 2.26. The summed E-state index contributed by atoms with van der Waals surface area (Å²) in [7, 11) is 0. The lowest BCUT2D eigenvalue weighted by Gasteiger charge is -2.31. The highest BCUT2D eigenvalue weighted by atomic mass is 16.2. The Morgan fingerprint density at radius 3 is 2.81 bits per heavy atom. The second-order valence-electron chi connectivity index (χ2n) is 6.61. The Balaban J connectivity index is 1.30. The molecule has 26 heavy (non-hydrogen) atoms. The van der Waals surface area contributed by atoms with Crippen LogP contribution in [0, 0.1) is 0 Å². The molecule has 1 fully saturated rings. The number of pyridine rings is 1. The van der Waals surface area contributed by atoms with E-state index in [0.717, 1.165) is 29.7 Å². The predicted molar refractivity (Wildman–Crippen MR) is 94.8 cm³/mol. The second-order valence-corrected chi connectivity index (χ2v) is 6.61. The molecule has 0 bridgehead atoms. The summed E-state index contributed by atoms with van der Waals surface area (Å²) in [5.74, 6) is 1.40. The smallest absolute Gasteiger partial charge is 0.255 e. The van der Waals surface area contributed by atoms with Gasteiger partial charge in [-0.3, -0.25) is 4.79 Å². The van der Waals surface area contributed by atoms with E-state index in [0.29, 0.717) is 30.2 Å². The molecule has 0 atom stereocenters. The molecule has 0 aliphatic carbocycles. The lowest BCUT2D eigenvalue weighted by Crippen LogP contribution is -2.38. The molecule has 1 N–H and O–H groups in total. The molecule has 1 aliphatic rings. The van der Waals surface area contributed by atoms with Crippen LogP contribution in [0.25, 0.3) is 16.7 Å². The molecule has 8 nitrogen and oxygen atoms in total. The number of fused-ring (bicyclic) bond motifs is 2. The van der Waals surface area contributed by atoms with Crippen molar-refractivity contribution in [2.75, 3.05) is 13.1 Å². The number of H-pyrrole nitrogens is 1. The number of tetrazole rings is 1. The van der Waals surface area contributed by atoms with Crippen LogP contribution in [0.5, 0.6) is 0 Å². The third-order valence-corrected chi connectivity index (χ3v) is 5.02. The molecule has 1 amide bonds. The zero-order valence-corrected chi connectivity index (χ0v) is 14.0. The van der Waals surface area contributed by atoms with E-state index >= 15 is 0 Å². The Bertz CT molecular complexity index is 1060. The number of rotatable bonds is 2. The number of imidazole rings is 1. The van der Waals surface area contributed by atoms with Crippen LogP contribution in [0.4, 0.5) is 0 Å². The summed E-state index contributed by atoms with van der Waals surface area (Å²) in [5, 5.41) is 11.3. The predicted octanol–water partition coefficient (Wildman–Crippen LogP) is 2.02. The van der Waals surface area contributed by atoms with Crippen molar-refractivity contribution in [3.05, 3.63) is 54.0 Å². The van der Waals surface area contributed by atoms with Gasteiger partial charge < -0.3 is 9.88 Å². The van der Waals surface area contributed by atoms with Gasteiger partial charge in [0.05, 0.1) is 16.6 Å². The molecule has 0 saturated carbocycles. The second kappa shape index (κ2) is 5.91. The van der Waals surface area contributed by atoms with Crippen molar-refractivity contribution >= 4 is 22.6 Å². The maximum atomic E-state index is 12.8. The molecule has 5 rings (SSSR count). The van der Waals surface area contributed by atoms with Crippen LogP contribution >= 0.6 is 0 Å². The van der Waals surface area contributed by atoms with Crippen LogP contribution in [-0.2, 0) is 0 Å². The fourth-order valence-corrected chi connectivity index (χ4v) is 3.57. The number of amides is 1. The first-order valence-electron chi connectivity index (χ1n) is 8.69. The lowest BCUT2D eigenvalue weighted by atomic mass is 9.96. The molecule has 4 aromatic rings. The lowest BCUT2D eigenvalue weighted by molar-refractivity contribution is 0.0710. The number of hydrogen-bond donors (Lipinski definition) is 1. The summed E-state index contributed by atoms with van der Waals surface area (Å²) in [6.45, 7) is 1.43. The number of nitrogens with zero attached hydrogens (tertiary/aromatic N) is 6. The van der Waals surface area contributed by atoms with E-state index in [1.165, 1.54) is 4.52 Å². The normalized spacial score (nSPS) is 15.8. The minimum absolute atomic E-state index is 0.0189. The number of piperidine rings is 1. The maximum absolute atomic E-state index is 12.8. The molecular formula is C18H17N7O. The Morgan fingerprint density at radius 1 is 1.12 bits per heavy atom. The first-order chi connectivity index (χ1) is 12.8. The van der Waals surface area contributed by atoms with Gasteiger partial charge in [-0.05, 0) is 47.5 Å². The van der Waals surface area contributed by atoms with E-state index < -0.39 is 0 Å². The number of carbonyl (C=O) groups is 1. The number of likely N-dealkylation sites (tertiary alicyclic amines) is 1. The number of carbonyl (C=O) groups excluding carboxylic acids is 1. The van der Waals surface area contributed by atoms with Gasteiger partial charge in [-0.1, -0.05) is 12.1 Å². The fourth-order valence-electron chi connectivity index (χ4n) is 3.57. The van der Waals surface area contributed by atoms with Gasteiger partial charge in [0.2, 0.25) is 0 Å². The standard InChI is InChI=1S/C18H17N7O/c26-18(13-5-6-16-21-22-23-25(16)11-13)24-9-7-12(8-10-24)17-19-14-3-1-2-4-15(14)20-17/h1-6,11-12H,7-10H2,(H,19,20). The zero-order valence-electron chi connectivity index (χ0n) is 14.0. The summed E-state index contributed by atoms with van der Waals surface area (Å²) in [4.78, 5) is 22.8. The van der Waals surface area contributed by atoms with Crippen LogP contribution in [0.1, 0.15) is 34.9 Å². The molecule has 0 radical (unpaired) electrons. The quantitative estimate of drug-likeness (QED) is 0.599. The average molecular weight is 347 g/mol. The molecule has 8 heteroatoms. The molecule has 1 aromatic carbocycles. The first kappa shape index (κ1) is 15.0. The van der Waals surface area contributed by atoms with Gasteiger partial charge in [-0.2, -0.15) is 4.52 Å². The van der Waals surface area contributed by atoms with E-state index in [9.17, 15) is 4.79 Å². The molecule has 1 aliphatic heterocycles. The van der Waals surface area contributed by atoms with Crippen molar-refractivity contribution in [2.24, 2.45) is 0 Å². The van der Waals surface area contributed by atoms with Gasteiger partial charge in [-0.15, -0.1) is 5.10 Å². The van der Waals surface area contributed by atoms with Crippen molar-refractivity contribution in [3.8, 4) is 0 Å². The summed E-state index contributed by atoms with van der Waals surface area (Å²) in [5.41, 5.74) is 3.30. The van der Waals surface area contributed by atoms with Crippen LogP contribution in [0.15, 0.2) is 42.6 Å². The van der Waals surface area contributed by atoms with Crippen LogP contribution in [-0.4, -0.2) is 53.9 Å². The Morgan fingerprint density at radius 2 is 1.96 bits per heavy atom. The van der Waals surface area contributed by atoms with Crippen molar-refractivity contribution in [3.63, 3.8) is 0 Å². The third-order valence-electron chi connectivity index (χ3n) is 5.02. The molecule has 0 spiro atoms. The van der Waals surface area contributed by atoms with E-state index in [4.69, 9.17) is 4.98 Å². The monoisotopic (exact) mass is 347 g/mol.